The maximum absolute atomic E-state index is 9.19. The van der Waals surface area contributed by atoms with Crippen molar-refractivity contribution in [3.05, 3.63) is 35.7 Å². The number of aryl methyl sites for hydroxylation is 1. The third-order valence-electron chi connectivity index (χ3n) is 4.05. The molecule has 0 radical (unpaired) electrons. The number of benzene rings is 1. The SMILES string of the molecule is Cc1cccc(-c2nnc(CN(CCO)C3CCC3)o2)c1. The maximum atomic E-state index is 9.19. The molecular formula is C16H21N3O2. The predicted molar refractivity (Wildman–Crippen MR) is 79.6 cm³/mol. The lowest BCUT2D eigenvalue weighted by Crippen LogP contribution is -2.41. The van der Waals surface area contributed by atoms with Crippen molar-refractivity contribution in [3.8, 4) is 11.5 Å². The van der Waals surface area contributed by atoms with Crippen LogP contribution < -0.4 is 0 Å². The van der Waals surface area contributed by atoms with Gasteiger partial charge in [0.05, 0.1) is 13.2 Å². The first kappa shape index (κ1) is 14.2. The molecule has 0 amide bonds. The highest BCUT2D eigenvalue weighted by Crippen LogP contribution is 2.26. The second-order valence-electron chi connectivity index (χ2n) is 5.65. The summed E-state index contributed by atoms with van der Waals surface area (Å²) in [6.45, 7) is 3.48. The van der Waals surface area contributed by atoms with E-state index in [-0.39, 0.29) is 6.61 Å². The van der Waals surface area contributed by atoms with Crippen molar-refractivity contribution in [3.63, 3.8) is 0 Å². The van der Waals surface area contributed by atoms with Crippen LogP contribution in [0.2, 0.25) is 0 Å². The summed E-state index contributed by atoms with van der Waals surface area (Å²) in [5.74, 6) is 1.18. The topological polar surface area (TPSA) is 62.4 Å². The molecule has 5 heteroatoms. The normalized spacial score (nSPS) is 15.4. The van der Waals surface area contributed by atoms with E-state index in [2.05, 4.69) is 15.1 Å². The average molecular weight is 287 g/mol. The first-order valence-corrected chi connectivity index (χ1v) is 7.50. The van der Waals surface area contributed by atoms with Gasteiger partial charge >= 0.3 is 0 Å². The molecule has 3 rings (SSSR count). The molecule has 0 bridgehead atoms. The van der Waals surface area contributed by atoms with E-state index in [0.717, 1.165) is 5.56 Å². The fourth-order valence-corrected chi connectivity index (χ4v) is 2.66. The number of rotatable bonds is 6. The number of aliphatic hydroxyl groups excluding tert-OH is 1. The molecule has 1 aliphatic carbocycles. The Labute approximate surface area is 124 Å². The van der Waals surface area contributed by atoms with Crippen molar-refractivity contribution in [1.82, 2.24) is 15.1 Å². The second-order valence-corrected chi connectivity index (χ2v) is 5.65. The van der Waals surface area contributed by atoms with Gasteiger partial charge in [-0.1, -0.05) is 24.1 Å². The van der Waals surface area contributed by atoms with E-state index >= 15 is 0 Å². The summed E-state index contributed by atoms with van der Waals surface area (Å²) in [5, 5.41) is 17.5. The van der Waals surface area contributed by atoms with Crippen LogP contribution >= 0.6 is 0 Å². The molecule has 1 N–H and O–H groups in total. The lowest BCUT2D eigenvalue weighted by Gasteiger charge is -2.36. The molecule has 1 aliphatic rings. The number of hydrogen-bond acceptors (Lipinski definition) is 5. The second kappa shape index (κ2) is 6.37. The minimum absolute atomic E-state index is 0.162. The van der Waals surface area contributed by atoms with E-state index in [4.69, 9.17) is 4.42 Å². The van der Waals surface area contributed by atoms with Gasteiger partial charge in [-0.3, -0.25) is 4.90 Å². The summed E-state index contributed by atoms with van der Waals surface area (Å²) in [4.78, 5) is 2.23. The Hall–Kier alpha value is -1.72. The van der Waals surface area contributed by atoms with Gasteiger partial charge in [-0.2, -0.15) is 0 Å². The number of hydrogen-bond donors (Lipinski definition) is 1. The molecule has 0 aliphatic heterocycles. The van der Waals surface area contributed by atoms with E-state index in [1.54, 1.807) is 0 Å². The van der Waals surface area contributed by atoms with Crippen LogP contribution in [0.3, 0.4) is 0 Å². The molecular weight excluding hydrogens is 266 g/mol. The lowest BCUT2D eigenvalue weighted by molar-refractivity contribution is 0.0862. The molecule has 0 atom stereocenters. The van der Waals surface area contributed by atoms with Gasteiger partial charge < -0.3 is 9.52 Å². The molecule has 0 unspecified atom stereocenters. The van der Waals surface area contributed by atoms with Crippen LogP contribution in [-0.2, 0) is 6.54 Å². The molecule has 5 nitrogen and oxygen atoms in total. The number of nitrogens with zero attached hydrogens (tertiary/aromatic N) is 3. The maximum Gasteiger partial charge on any atom is 0.247 e. The van der Waals surface area contributed by atoms with E-state index < -0.39 is 0 Å². The molecule has 0 saturated heterocycles. The van der Waals surface area contributed by atoms with Crippen LogP contribution in [0, 0.1) is 6.92 Å². The Kier molecular flexibility index (Phi) is 4.31. The molecule has 1 aromatic carbocycles. The van der Waals surface area contributed by atoms with Crippen molar-refractivity contribution in [2.24, 2.45) is 0 Å². The highest BCUT2D eigenvalue weighted by molar-refractivity contribution is 5.53. The van der Waals surface area contributed by atoms with Gasteiger partial charge in [0.2, 0.25) is 11.8 Å². The Morgan fingerprint density at radius 3 is 2.86 bits per heavy atom. The first-order valence-electron chi connectivity index (χ1n) is 7.50. The van der Waals surface area contributed by atoms with Crippen LogP contribution in [0.1, 0.15) is 30.7 Å². The Morgan fingerprint density at radius 2 is 2.19 bits per heavy atom. The van der Waals surface area contributed by atoms with Gasteiger partial charge in [0.1, 0.15) is 0 Å². The number of aliphatic hydroxyl groups is 1. The van der Waals surface area contributed by atoms with Gasteiger partial charge in [-0.15, -0.1) is 10.2 Å². The summed E-state index contributed by atoms with van der Waals surface area (Å²) in [6.07, 6.45) is 3.66. The first-order chi connectivity index (χ1) is 10.3. The van der Waals surface area contributed by atoms with Gasteiger partial charge in [0.15, 0.2) is 0 Å². The monoisotopic (exact) mass is 287 g/mol. The fraction of sp³-hybridized carbons (Fsp3) is 0.500. The van der Waals surface area contributed by atoms with Crippen LogP contribution in [0.25, 0.3) is 11.5 Å². The van der Waals surface area contributed by atoms with Gasteiger partial charge in [0, 0.05) is 18.2 Å². The summed E-state index contributed by atoms with van der Waals surface area (Å²) < 4.78 is 5.77. The van der Waals surface area contributed by atoms with Crippen molar-refractivity contribution < 1.29 is 9.52 Å². The quantitative estimate of drug-likeness (QED) is 0.884. The molecule has 1 heterocycles. The van der Waals surface area contributed by atoms with Crippen molar-refractivity contribution >= 4 is 0 Å². The predicted octanol–water partition coefficient (Wildman–Crippen LogP) is 2.39. The van der Waals surface area contributed by atoms with E-state index in [1.807, 2.05) is 31.2 Å². The summed E-state index contributed by atoms with van der Waals surface area (Å²) in [5.41, 5.74) is 2.12. The average Bonchev–Trinajstić information content (AvgIpc) is 2.85. The molecule has 0 spiro atoms. The minimum atomic E-state index is 0.162. The lowest BCUT2D eigenvalue weighted by atomic mass is 9.91. The standard InChI is InChI=1S/C16H21N3O2/c1-12-4-2-5-13(10-12)16-18-17-15(21-16)11-19(8-9-20)14-6-3-7-14/h2,4-5,10,14,20H,3,6-9,11H2,1H3. The van der Waals surface area contributed by atoms with Gasteiger partial charge in [-0.25, -0.2) is 0 Å². The Bertz CT molecular complexity index is 593. The van der Waals surface area contributed by atoms with Crippen LogP contribution in [0.5, 0.6) is 0 Å². The summed E-state index contributed by atoms with van der Waals surface area (Å²) in [6, 6.07) is 8.59. The minimum Gasteiger partial charge on any atom is -0.419 e. The Balaban J connectivity index is 1.71. The van der Waals surface area contributed by atoms with Crippen LogP contribution in [0.15, 0.2) is 28.7 Å². The summed E-state index contributed by atoms with van der Waals surface area (Å²) >= 11 is 0. The largest absolute Gasteiger partial charge is 0.419 e. The molecule has 1 saturated carbocycles. The highest BCUT2D eigenvalue weighted by Gasteiger charge is 2.26. The van der Waals surface area contributed by atoms with Crippen molar-refractivity contribution in [1.29, 1.82) is 0 Å². The fourth-order valence-electron chi connectivity index (χ4n) is 2.66. The van der Waals surface area contributed by atoms with Crippen LogP contribution in [-0.4, -0.2) is 39.4 Å². The zero-order valence-corrected chi connectivity index (χ0v) is 12.3. The third-order valence-corrected chi connectivity index (χ3v) is 4.05. The molecule has 1 aromatic heterocycles. The highest BCUT2D eigenvalue weighted by atomic mass is 16.4. The van der Waals surface area contributed by atoms with Crippen molar-refractivity contribution in [2.45, 2.75) is 38.8 Å². The van der Waals surface area contributed by atoms with Crippen LogP contribution in [0.4, 0.5) is 0 Å². The van der Waals surface area contributed by atoms with Gasteiger partial charge in [-0.05, 0) is 31.9 Å². The smallest absolute Gasteiger partial charge is 0.247 e. The van der Waals surface area contributed by atoms with E-state index in [9.17, 15) is 5.11 Å². The summed E-state index contributed by atoms with van der Waals surface area (Å²) in [7, 11) is 0. The zero-order chi connectivity index (χ0) is 14.7. The number of aromatic nitrogens is 2. The zero-order valence-electron chi connectivity index (χ0n) is 12.3. The molecule has 21 heavy (non-hydrogen) atoms. The Morgan fingerprint density at radius 1 is 1.33 bits per heavy atom. The third kappa shape index (κ3) is 3.31. The van der Waals surface area contributed by atoms with Gasteiger partial charge in [0.25, 0.3) is 0 Å². The van der Waals surface area contributed by atoms with Crippen molar-refractivity contribution in [2.75, 3.05) is 13.2 Å². The molecule has 2 aromatic rings. The van der Waals surface area contributed by atoms with E-state index in [0.29, 0.717) is 30.9 Å². The van der Waals surface area contributed by atoms with E-state index in [1.165, 1.54) is 24.8 Å². The molecule has 1 fully saturated rings. The molecule has 112 valence electrons.